The van der Waals surface area contributed by atoms with Crippen LogP contribution in [-0.2, 0) is 19.1 Å². The van der Waals surface area contributed by atoms with Crippen molar-refractivity contribution in [1.29, 1.82) is 0 Å². The zero-order valence-electron chi connectivity index (χ0n) is 33.3. The lowest BCUT2D eigenvalue weighted by Crippen LogP contribution is -2.28. The second-order valence-corrected chi connectivity index (χ2v) is 13.3. The van der Waals surface area contributed by atoms with Crippen molar-refractivity contribution >= 4 is 11.9 Å². The zero-order chi connectivity index (χ0) is 37.8. The summed E-state index contributed by atoms with van der Waals surface area (Å²) in [6.45, 7) is 3.92. The van der Waals surface area contributed by atoms with Crippen LogP contribution in [0.4, 0.5) is 0 Å². The molecule has 52 heavy (non-hydrogen) atoms. The summed E-state index contributed by atoms with van der Waals surface area (Å²) in [6, 6.07) is 0. The summed E-state index contributed by atoms with van der Waals surface area (Å²) in [7, 11) is 0. The van der Waals surface area contributed by atoms with Gasteiger partial charge in [-0.15, -0.1) is 0 Å². The molecule has 0 rings (SSSR count). The molecule has 294 valence electrons. The number of aliphatic hydroxyl groups is 1. The molecule has 0 bridgehead atoms. The van der Waals surface area contributed by atoms with Gasteiger partial charge in [-0.1, -0.05) is 169 Å². The first-order valence-corrected chi connectivity index (χ1v) is 20.8. The van der Waals surface area contributed by atoms with E-state index in [9.17, 15) is 14.7 Å². The molecule has 0 fully saturated rings. The van der Waals surface area contributed by atoms with Crippen LogP contribution in [0.3, 0.4) is 0 Å². The van der Waals surface area contributed by atoms with Gasteiger partial charge in [-0.25, -0.2) is 0 Å². The molecule has 1 atom stereocenters. The summed E-state index contributed by atoms with van der Waals surface area (Å²) in [5, 5.41) is 9.56. The van der Waals surface area contributed by atoms with Crippen molar-refractivity contribution in [2.45, 2.75) is 174 Å². The first-order valence-electron chi connectivity index (χ1n) is 20.8. The Kier molecular flexibility index (Phi) is 39.7. The van der Waals surface area contributed by atoms with Crippen molar-refractivity contribution in [1.82, 2.24) is 0 Å². The molecule has 1 N–H and O–H groups in total. The molecule has 0 spiro atoms. The smallest absolute Gasteiger partial charge is 0.306 e. The molecule has 0 aromatic rings. The second-order valence-electron chi connectivity index (χ2n) is 13.3. The van der Waals surface area contributed by atoms with Gasteiger partial charge in [0.1, 0.15) is 6.61 Å². The van der Waals surface area contributed by atoms with Crippen LogP contribution in [0.15, 0.2) is 97.2 Å². The van der Waals surface area contributed by atoms with E-state index < -0.39 is 6.10 Å². The van der Waals surface area contributed by atoms with Gasteiger partial charge < -0.3 is 14.6 Å². The number of allylic oxidation sites excluding steroid dienone is 16. The highest BCUT2D eigenvalue weighted by atomic mass is 16.6. The van der Waals surface area contributed by atoms with Crippen LogP contribution in [-0.4, -0.2) is 36.4 Å². The fourth-order valence-electron chi connectivity index (χ4n) is 5.26. The van der Waals surface area contributed by atoms with Gasteiger partial charge in [-0.2, -0.15) is 0 Å². The first kappa shape index (κ1) is 48.8. The predicted molar refractivity (Wildman–Crippen MR) is 223 cm³/mol. The summed E-state index contributed by atoms with van der Waals surface area (Å²) in [5.74, 6) is -0.701. The van der Waals surface area contributed by atoms with E-state index in [1.807, 2.05) is 12.2 Å². The molecule has 5 heteroatoms. The number of carbonyl (C=O) groups is 2. The lowest BCUT2D eigenvalue weighted by molar-refractivity contribution is -0.161. The Morgan fingerprint density at radius 3 is 1.33 bits per heavy atom. The summed E-state index contributed by atoms with van der Waals surface area (Å²) >= 11 is 0. The molecule has 0 amide bonds. The summed E-state index contributed by atoms with van der Waals surface area (Å²) in [6.07, 6.45) is 59.1. The van der Waals surface area contributed by atoms with Crippen molar-refractivity contribution in [2.24, 2.45) is 0 Å². The molecule has 1 unspecified atom stereocenters. The van der Waals surface area contributed by atoms with Gasteiger partial charge in [0, 0.05) is 12.8 Å². The minimum absolute atomic E-state index is 0.113. The van der Waals surface area contributed by atoms with Gasteiger partial charge in [0.25, 0.3) is 0 Å². The van der Waals surface area contributed by atoms with Crippen LogP contribution in [0.1, 0.15) is 168 Å². The Labute approximate surface area is 319 Å². The first-order chi connectivity index (χ1) is 25.6. The van der Waals surface area contributed by atoms with Crippen molar-refractivity contribution in [3.8, 4) is 0 Å². The van der Waals surface area contributed by atoms with Crippen LogP contribution in [0, 0.1) is 0 Å². The molecule has 0 radical (unpaired) electrons. The minimum Gasteiger partial charge on any atom is -0.462 e. The zero-order valence-corrected chi connectivity index (χ0v) is 33.3. The van der Waals surface area contributed by atoms with Gasteiger partial charge in [0.2, 0.25) is 0 Å². The molecule has 0 saturated heterocycles. The van der Waals surface area contributed by atoms with E-state index in [1.165, 1.54) is 70.6 Å². The number of rotatable bonds is 36. The maximum absolute atomic E-state index is 12.2. The SMILES string of the molecule is CCC=CCC=CCC=CCC=CCC=CCC=CCCC(=O)OCC(CO)OC(=O)CCCCCCCCCCCC=CCC=CCCCCC. The topological polar surface area (TPSA) is 72.8 Å². The summed E-state index contributed by atoms with van der Waals surface area (Å²) in [5.41, 5.74) is 0. The van der Waals surface area contributed by atoms with E-state index in [1.54, 1.807) is 0 Å². The largest absolute Gasteiger partial charge is 0.462 e. The Balaban J connectivity index is 3.70. The molecule has 5 nitrogen and oxygen atoms in total. The van der Waals surface area contributed by atoms with E-state index in [2.05, 4.69) is 98.9 Å². The van der Waals surface area contributed by atoms with E-state index in [0.717, 1.165) is 64.2 Å². The Hall–Kier alpha value is -3.18. The lowest BCUT2D eigenvalue weighted by atomic mass is 10.1. The van der Waals surface area contributed by atoms with Crippen molar-refractivity contribution in [3.05, 3.63) is 97.2 Å². The highest BCUT2D eigenvalue weighted by molar-refractivity contribution is 5.70. The lowest BCUT2D eigenvalue weighted by Gasteiger charge is -2.15. The molecule has 0 aliphatic heterocycles. The van der Waals surface area contributed by atoms with E-state index >= 15 is 0 Å². The van der Waals surface area contributed by atoms with Gasteiger partial charge in [-0.3, -0.25) is 9.59 Å². The fraction of sp³-hybridized carbons (Fsp3) is 0.617. The number of carbonyl (C=O) groups excluding carboxylic acids is 2. The molecular weight excluding hydrogens is 645 g/mol. The number of aliphatic hydroxyl groups excluding tert-OH is 1. The molecule has 0 saturated carbocycles. The molecule has 0 heterocycles. The van der Waals surface area contributed by atoms with E-state index in [-0.39, 0.29) is 31.6 Å². The molecule has 0 aliphatic carbocycles. The van der Waals surface area contributed by atoms with Gasteiger partial charge in [0.15, 0.2) is 6.10 Å². The Morgan fingerprint density at radius 1 is 0.462 bits per heavy atom. The molecule has 0 aliphatic rings. The van der Waals surface area contributed by atoms with Crippen molar-refractivity contribution in [2.75, 3.05) is 13.2 Å². The van der Waals surface area contributed by atoms with Crippen LogP contribution < -0.4 is 0 Å². The second kappa shape index (κ2) is 42.2. The highest BCUT2D eigenvalue weighted by Gasteiger charge is 2.15. The quantitative estimate of drug-likeness (QED) is 0.0396. The Bertz CT molecular complexity index is 1040. The van der Waals surface area contributed by atoms with Gasteiger partial charge in [0.05, 0.1) is 6.61 Å². The number of hydrogen-bond donors (Lipinski definition) is 1. The molecule has 0 aromatic carbocycles. The maximum atomic E-state index is 12.2. The summed E-state index contributed by atoms with van der Waals surface area (Å²) < 4.78 is 10.6. The number of esters is 2. The average molecular weight is 721 g/mol. The fourth-order valence-corrected chi connectivity index (χ4v) is 5.26. The van der Waals surface area contributed by atoms with Crippen LogP contribution in [0.25, 0.3) is 0 Å². The standard InChI is InChI=1S/C47H76O5/c1-3-5-7-9-11-13-15-17-19-21-23-25-27-29-31-33-35-37-39-41-46(49)51-44-45(43-48)52-47(50)42-40-38-36-34-32-30-28-26-24-22-20-18-16-14-12-10-8-6-4-2/h5,7,11-14,17-20,23,25,29,31,35,37,45,48H,3-4,6,8-10,15-16,21-22,24,26-28,30,32-34,36,38-44H2,1-2H3. The third kappa shape index (κ3) is 39.6. The maximum Gasteiger partial charge on any atom is 0.306 e. The van der Waals surface area contributed by atoms with E-state index in [0.29, 0.717) is 12.8 Å². The highest BCUT2D eigenvalue weighted by Crippen LogP contribution is 2.12. The number of hydrogen-bond acceptors (Lipinski definition) is 5. The molecule has 0 aromatic heterocycles. The average Bonchev–Trinajstić information content (AvgIpc) is 3.15. The molecular formula is C47H76O5. The van der Waals surface area contributed by atoms with E-state index in [4.69, 9.17) is 9.47 Å². The van der Waals surface area contributed by atoms with Crippen molar-refractivity contribution in [3.63, 3.8) is 0 Å². The third-order valence-electron chi connectivity index (χ3n) is 8.38. The van der Waals surface area contributed by atoms with Crippen LogP contribution in [0.5, 0.6) is 0 Å². The number of unbranched alkanes of at least 4 members (excludes halogenated alkanes) is 12. The normalized spacial score (nSPS) is 13.2. The minimum atomic E-state index is -0.810. The van der Waals surface area contributed by atoms with Gasteiger partial charge in [-0.05, 0) is 83.5 Å². The third-order valence-corrected chi connectivity index (χ3v) is 8.38. The van der Waals surface area contributed by atoms with Gasteiger partial charge >= 0.3 is 11.9 Å². The van der Waals surface area contributed by atoms with Crippen LogP contribution >= 0.6 is 0 Å². The monoisotopic (exact) mass is 721 g/mol. The predicted octanol–water partition coefficient (Wildman–Crippen LogP) is 13.3. The van der Waals surface area contributed by atoms with Crippen molar-refractivity contribution < 1.29 is 24.2 Å². The number of ether oxygens (including phenoxy) is 2. The Morgan fingerprint density at radius 2 is 0.865 bits per heavy atom. The summed E-state index contributed by atoms with van der Waals surface area (Å²) in [4.78, 5) is 24.3. The van der Waals surface area contributed by atoms with Crippen LogP contribution in [0.2, 0.25) is 0 Å².